The Morgan fingerprint density at radius 1 is 1.08 bits per heavy atom. The highest BCUT2D eigenvalue weighted by Crippen LogP contribution is 2.37. The summed E-state index contributed by atoms with van der Waals surface area (Å²) in [5.74, 6) is 1.35. The van der Waals surface area contributed by atoms with Gasteiger partial charge < -0.3 is 0 Å². The van der Waals surface area contributed by atoms with Crippen molar-refractivity contribution >= 4 is 11.8 Å². The fraction of sp³-hybridized carbons (Fsp3) is 0.455. The van der Waals surface area contributed by atoms with Crippen molar-refractivity contribution in [3.05, 3.63) is 35.9 Å². The van der Waals surface area contributed by atoms with E-state index in [9.17, 15) is 0 Å². The molecule has 1 heterocycles. The molecule has 0 aromatic heterocycles. The molecule has 1 aliphatic rings. The first-order valence-corrected chi connectivity index (χ1v) is 5.68. The van der Waals surface area contributed by atoms with Crippen LogP contribution in [0.25, 0.3) is 0 Å². The molecule has 1 aromatic rings. The van der Waals surface area contributed by atoms with Gasteiger partial charge in [0, 0.05) is 5.25 Å². The Balaban J connectivity index is 2.08. The number of rotatable bonds is 1. The minimum absolute atomic E-state index is 0.778. The van der Waals surface area contributed by atoms with Crippen LogP contribution in [-0.4, -0.2) is 5.75 Å². The summed E-state index contributed by atoms with van der Waals surface area (Å²) in [7, 11) is 0. The van der Waals surface area contributed by atoms with Gasteiger partial charge in [-0.2, -0.15) is 11.8 Å². The van der Waals surface area contributed by atoms with E-state index >= 15 is 0 Å². The maximum Gasteiger partial charge on any atom is 0.0297 e. The van der Waals surface area contributed by atoms with Crippen molar-refractivity contribution in [1.29, 1.82) is 0 Å². The molecule has 0 aliphatic carbocycles. The summed E-state index contributed by atoms with van der Waals surface area (Å²) < 4.78 is 0. The normalized spacial score (nSPS) is 23.8. The van der Waals surface area contributed by atoms with Crippen molar-refractivity contribution in [3.8, 4) is 0 Å². The number of hydrogen-bond donors (Lipinski definition) is 0. The Labute approximate surface area is 78.4 Å². The van der Waals surface area contributed by atoms with Gasteiger partial charge in [-0.15, -0.1) is 0 Å². The zero-order chi connectivity index (χ0) is 8.23. The van der Waals surface area contributed by atoms with E-state index in [-0.39, 0.29) is 0 Å². The number of hydrogen-bond acceptors (Lipinski definition) is 1. The monoisotopic (exact) mass is 178 g/mol. The molecule has 1 atom stereocenters. The molecule has 0 nitrogen and oxygen atoms in total. The zero-order valence-electron chi connectivity index (χ0n) is 7.20. The van der Waals surface area contributed by atoms with E-state index in [2.05, 4.69) is 42.1 Å². The molecule has 64 valence electrons. The van der Waals surface area contributed by atoms with Crippen molar-refractivity contribution in [2.24, 2.45) is 0 Å². The lowest BCUT2D eigenvalue weighted by atomic mass is 10.1. The Morgan fingerprint density at radius 3 is 2.58 bits per heavy atom. The molecule has 1 aliphatic heterocycles. The molecule has 0 spiro atoms. The third kappa shape index (κ3) is 1.84. The van der Waals surface area contributed by atoms with Gasteiger partial charge in [-0.05, 0) is 24.2 Å². The minimum Gasteiger partial charge on any atom is -0.154 e. The summed E-state index contributed by atoms with van der Waals surface area (Å²) in [6.45, 7) is 0. The molecular weight excluding hydrogens is 164 g/mol. The second-order valence-corrected chi connectivity index (χ2v) is 4.58. The van der Waals surface area contributed by atoms with Crippen molar-refractivity contribution in [3.63, 3.8) is 0 Å². The average Bonchev–Trinajstić information content (AvgIpc) is 2.21. The van der Waals surface area contributed by atoms with Crippen LogP contribution in [-0.2, 0) is 0 Å². The Bertz CT molecular complexity index is 224. The van der Waals surface area contributed by atoms with Crippen LogP contribution in [0.3, 0.4) is 0 Å². The Kier molecular flexibility index (Phi) is 2.72. The summed E-state index contributed by atoms with van der Waals surface area (Å²) in [6, 6.07) is 10.9. The lowest BCUT2D eigenvalue weighted by Crippen LogP contribution is -2.01. The third-order valence-corrected chi connectivity index (χ3v) is 3.79. The maximum absolute atomic E-state index is 2.25. The van der Waals surface area contributed by atoms with Gasteiger partial charge in [-0.3, -0.25) is 0 Å². The summed E-state index contributed by atoms with van der Waals surface area (Å²) in [4.78, 5) is 0. The van der Waals surface area contributed by atoms with Gasteiger partial charge in [0.25, 0.3) is 0 Å². The predicted octanol–water partition coefficient (Wildman–Crippen LogP) is 3.64. The van der Waals surface area contributed by atoms with Crippen LogP contribution >= 0.6 is 11.8 Å². The van der Waals surface area contributed by atoms with Gasteiger partial charge in [0.05, 0.1) is 0 Å². The minimum atomic E-state index is 0.778. The maximum atomic E-state index is 2.25. The summed E-state index contributed by atoms with van der Waals surface area (Å²) in [5.41, 5.74) is 1.52. The molecule has 2 rings (SSSR count). The van der Waals surface area contributed by atoms with Gasteiger partial charge in [0.15, 0.2) is 0 Å². The molecule has 1 fully saturated rings. The Hall–Kier alpha value is -0.430. The number of thioether (sulfide) groups is 1. The molecule has 0 bridgehead atoms. The van der Waals surface area contributed by atoms with Crippen molar-refractivity contribution < 1.29 is 0 Å². The Morgan fingerprint density at radius 2 is 1.92 bits per heavy atom. The van der Waals surface area contributed by atoms with Gasteiger partial charge in [-0.25, -0.2) is 0 Å². The summed E-state index contributed by atoms with van der Waals surface area (Å²) in [6.07, 6.45) is 4.19. The van der Waals surface area contributed by atoms with Crippen molar-refractivity contribution in [2.75, 3.05) is 5.75 Å². The fourth-order valence-electron chi connectivity index (χ4n) is 1.67. The molecule has 12 heavy (non-hydrogen) atoms. The van der Waals surface area contributed by atoms with Crippen LogP contribution in [0.5, 0.6) is 0 Å². The highest BCUT2D eigenvalue weighted by atomic mass is 32.2. The van der Waals surface area contributed by atoms with E-state index in [4.69, 9.17) is 0 Å². The first-order chi connectivity index (χ1) is 5.97. The van der Waals surface area contributed by atoms with Crippen LogP contribution in [0.4, 0.5) is 0 Å². The summed E-state index contributed by atoms with van der Waals surface area (Å²) >= 11 is 2.12. The highest BCUT2D eigenvalue weighted by molar-refractivity contribution is 7.99. The molecular formula is C11H14S. The molecule has 1 aromatic carbocycles. The van der Waals surface area contributed by atoms with Gasteiger partial charge in [-0.1, -0.05) is 36.8 Å². The largest absolute Gasteiger partial charge is 0.154 e. The van der Waals surface area contributed by atoms with E-state index in [1.807, 2.05) is 0 Å². The van der Waals surface area contributed by atoms with Gasteiger partial charge in [0.1, 0.15) is 0 Å². The van der Waals surface area contributed by atoms with Crippen molar-refractivity contribution in [1.82, 2.24) is 0 Å². The second-order valence-electron chi connectivity index (χ2n) is 3.27. The van der Waals surface area contributed by atoms with E-state index < -0.39 is 0 Å². The molecule has 0 radical (unpaired) electrons. The van der Waals surface area contributed by atoms with E-state index in [0.29, 0.717) is 0 Å². The molecule has 0 unspecified atom stereocenters. The van der Waals surface area contributed by atoms with Gasteiger partial charge >= 0.3 is 0 Å². The topological polar surface area (TPSA) is 0 Å². The quantitative estimate of drug-likeness (QED) is 0.632. The molecule has 1 heteroatoms. The predicted molar refractivity (Wildman–Crippen MR) is 55.5 cm³/mol. The van der Waals surface area contributed by atoms with Gasteiger partial charge in [0.2, 0.25) is 0 Å². The van der Waals surface area contributed by atoms with E-state index in [0.717, 1.165) is 5.25 Å². The third-order valence-electron chi connectivity index (χ3n) is 2.35. The smallest absolute Gasteiger partial charge is 0.0297 e. The standard InChI is InChI=1S/C11H14S/c1-2-6-10(7-3-1)11-8-4-5-9-12-11/h1-3,6-7,11H,4-5,8-9H2/t11-/m1/s1. The first-order valence-electron chi connectivity index (χ1n) is 4.63. The molecule has 1 saturated heterocycles. The zero-order valence-corrected chi connectivity index (χ0v) is 8.02. The van der Waals surface area contributed by atoms with Crippen LogP contribution in [0.1, 0.15) is 30.1 Å². The van der Waals surface area contributed by atoms with Crippen LogP contribution in [0, 0.1) is 0 Å². The van der Waals surface area contributed by atoms with Crippen LogP contribution < -0.4 is 0 Å². The molecule has 0 amide bonds. The lowest BCUT2D eigenvalue weighted by Gasteiger charge is -2.21. The average molecular weight is 178 g/mol. The van der Waals surface area contributed by atoms with Crippen LogP contribution in [0.2, 0.25) is 0 Å². The van der Waals surface area contributed by atoms with E-state index in [1.54, 1.807) is 0 Å². The fourth-order valence-corrected chi connectivity index (χ4v) is 3.01. The number of benzene rings is 1. The lowest BCUT2D eigenvalue weighted by molar-refractivity contribution is 0.686. The second kappa shape index (κ2) is 3.99. The summed E-state index contributed by atoms with van der Waals surface area (Å²) in [5, 5.41) is 0.778. The van der Waals surface area contributed by atoms with Crippen LogP contribution in [0.15, 0.2) is 30.3 Å². The highest BCUT2D eigenvalue weighted by Gasteiger charge is 2.14. The molecule has 0 N–H and O–H groups in total. The van der Waals surface area contributed by atoms with E-state index in [1.165, 1.54) is 30.6 Å². The first kappa shape index (κ1) is 8.18. The molecule has 0 saturated carbocycles. The van der Waals surface area contributed by atoms with Crippen molar-refractivity contribution in [2.45, 2.75) is 24.5 Å². The SMILES string of the molecule is c1ccc([C@H]2CCCCS2)cc1.